The highest BCUT2D eigenvalue weighted by Crippen LogP contribution is 2.34. The number of oxazole rings is 1. The maximum Gasteiger partial charge on any atom is 0.233 e. The number of benzene rings is 3. The molecule has 1 unspecified atom stereocenters. The summed E-state index contributed by atoms with van der Waals surface area (Å²) < 4.78 is 44.1. The van der Waals surface area contributed by atoms with E-state index in [-0.39, 0.29) is 27.7 Å². The van der Waals surface area contributed by atoms with Gasteiger partial charge < -0.3 is 19.2 Å². The maximum absolute atomic E-state index is 13.6. The molecule has 0 amide bonds. The van der Waals surface area contributed by atoms with Gasteiger partial charge in [-0.15, -0.1) is 0 Å². The molecule has 1 aliphatic rings. The minimum Gasteiger partial charge on any atom is -0.497 e. The van der Waals surface area contributed by atoms with Crippen LogP contribution >= 0.6 is 11.6 Å². The van der Waals surface area contributed by atoms with Crippen LogP contribution in [0.4, 0.5) is 5.88 Å². The normalized spacial score (nSPS) is 15.2. The fourth-order valence-corrected chi connectivity index (χ4v) is 5.82. The largest absolute Gasteiger partial charge is 0.497 e. The predicted octanol–water partition coefficient (Wildman–Crippen LogP) is 5.32. The first-order valence-electron chi connectivity index (χ1n) is 12.2. The fraction of sp³-hybridized carbons (Fsp3) is 0.250. The summed E-state index contributed by atoms with van der Waals surface area (Å²) in [5.41, 5.74) is 1.68. The lowest BCUT2D eigenvalue weighted by Gasteiger charge is -2.35. The van der Waals surface area contributed by atoms with Gasteiger partial charge in [-0.25, -0.2) is 8.42 Å². The highest BCUT2D eigenvalue weighted by Gasteiger charge is 2.30. The number of halogens is 1. The number of ether oxygens (including phenoxy) is 2. The zero-order valence-corrected chi connectivity index (χ0v) is 22.4. The molecule has 1 saturated heterocycles. The second-order valence-corrected chi connectivity index (χ2v) is 11.1. The molecule has 1 atom stereocenters. The number of sulfone groups is 1. The number of morpholine rings is 1. The topological polar surface area (TPSA) is 93.9 Å². The minimum atomic E-state index is -3.96. The standard InChI is InChI=1S/C28H28ClN3O5S/c1-35-23-13-9-21(10-14-23)26-31-28(38(33,34)24-5-3-2-4-6-24)27(37-26)30-19-25(32-15-17-36-18-16-32)20-7-11-22(29)12-8-20/h2-14,25,30H,15-19H2,1H3. The smallest absolute Gasteiger partial charge is 0.233 e. The van der Waals surface area contributed by atoms with E-state index in [0.717, 1.165) is 18.7 Å². The summed E-state index contributed by atoms with van der Waals surface area (Å²) in [5.74, 6) is 0.957. The molecule has 4 aromatic rings. The molecule has 8 nitrogen and oxygen atoms in total. The van der Waals surface area contributed by atoms with Gasteiger partial charge in [0.05, 0.1) is 31.3 Å². The van der Waals surface area contributed by atoms with Gasteiger partial charge in [0, 0.05) is 30.2 Å². The van der Waals surface area contributed by atoms with Crippen LogP contribution in [0, 0.1) is 0 Å². The molecule has 38 heavy (non-hydrogen) atoms. The van der Waals surface area contributed by atoms with Gasteiger partial charge in [0.1, 0.15) is 5.75 Å². The van der Waals surface area contributed by atoms with Crippen molar-refractivity contribution in [2.75, 3.05) is 45.3 Å². The van der Waals surface area contributed by atoms with Crippen molar-refractivity contribution in [3.05, 3.63) is 89.4 Å². The molecule has 1 N–H and O–H groups in total. The van der Waals surface area contributed by atoms with E-state index in [1.54, 1.807) is 61.7 Å². The van der Waals surface area contributed by atoms with Crippen molar-refractivity contribution in [2.24, 2.45) is 0 Å². The molecule has 1 aromatic heterocycles. The van der Waals surface area contributed by atoms with E-state index in [4.69, 9.17) is 25.5 Å². The second-order valence-electron chi connectivity index (χ2n) is 8.79. The molecule has 0 aliphatic carbocycles. The average molecular weight is 554 g/mol. The van der Waals surface area contributed by atoms with Crippen LogP contribution in [-0.4, -0.2) is 58.3 Å². The quantitative estimate of drug-likeness (QED) is 0.297. The first-order valence-corrected chi connectivity index (χ1v) is 14.1. The van der Waals surface area contributed by atoms with Crippen LogP contribution < -0.4 is 10.1 Å². The summed E-state index contributed by atoms with van der Waals surface area (Å²) in [7, 11) is -2.37. The highest BCUT2D eigenvalue weighted by atomic mass is 35.5. The lowest BCUT2D eigenvalue weighted by Crippen LogP contribution is -2.41. The first kappa shape index (κ1) is 26.2. The van der Waals surface area contributed by atoms with Crippen LogP contribution in [0.1, 0.15) is 11.6 Å². The Labute approximate surface area is 227 Å². The Kier molecular flexibility index (Phi) is 7.99. The summed E-state index contributed by atoms with van der Waals surface area (Å²) in [6, 6.07) is 22.9. The lowest BCUT2D eigenvalue weighted by atomic mass is 10.0. The van der Waals surface area contributed by atoms with Crippen molar-refractivity contribution >= 4 is 27.3 Å². The Balaban J connectivity index is 1.51. The Morgan fingerprint density at radius 2 is 1.68 bits per heavy atom. The molecule has 5 rings (SSSR count). The van der Waals surface area contributed by atoms with Crippen LogP contribution in [-0.2, 0) is 14.6 Å². The van der Waals surface area contributed by atoms with Gasteiger partial charge in [0.2, 0.25) is 26.6 Å². The number of anilines is 1. The van der Waals surface area contributed by atoms with Crippen molar-refractivity contribution in [3.63, 3.8) is 0 Å². The van der Waals surface area contributed by atoms with Crippen LogP contribution in [0.25, 0.3) is 11.5 Å². The van der Waals surface area contributed by atoms with Gasteiger partial charge in [0.25, 0.3) is 0 Å². The molecule has 0 radical (unpaired) electrons. The molecular weight excluding hydrogens is 526 g/mol. The van der Waals surface area contributed by atoms with Crippen molar-refractivity contribution in [1.82, 2.24) is 9.88 Å². The maximum atomic E-state index is 13.6. The molecule has 1 aliphatic heterocycles. The number of methoxy groups -OCH3 is 1. The van der Waals surface area contributed by atoms with Gasteiger partial charge in [-0.2, -0.15) is 4.98 Å². The van der Waals surface area contributed by atoms with E-state index >= 15 is 0 Å². The first-order chi connectivity index (χ1) is 18.5. The van der Waals surface area contributed by atoms with E-state index in [1.807, 2.05) is 24.3 Å². The fourth-order valence-electron chi connectivity index (χ4n) is 4.39. The molecular formula is C28H28ClN3O5S. The Bertz CT molecular complexity index is 1450. The number of hydrogen-bond acceptors (Lipinski definition) is 8. The van der Waals surface area contributed by atoms with Gasteiger partial charge >= 0.3 is 0 Å². The molecule has 0 spiro atoms. The van der Waals surface area contributed by atoms with Crippen molar-refractivity contribution < 1.29 is 22.3 Å². The van der Waals surface area contributed by atoms with Gasteiger partial charge in [-0.3, -0.25) is 4.90 Å². The SMILES string of the molecule is COc1ccc(-c2nc(S(=O)(=O)c3ccccc3)c(NCC(c3ccc(Cl)cc3)N3CCOCC3)o2)cc1. The van der Waals surface area contributed by atoms with Crippen LogP contribution in [0.3, 0.4) is 0 Å². The molecule has 0 bridgehead atoms. The minimum absolute atomic E-state index is 0.0713. The van der Waals surface area contributed by atoms with Gasteiger partial charge in [-0.05, 0) is 54.1 Å². The lowest BCUT2D eigenvalue weighted by molar-refractivity contribution is 0.0186. The molecule has 2 heterocycles. The molecule has 198 valence electrons. The summed E-state index contributed by atoms with van der Waals surface area (Å²) in [6.45, 7) is 3.13. The van der Waals surface area contributed by atoms with E-state index in [2.05, 4.69) is 15.2 Å². The van der Waals surface area contributed by atoms with Gasteiger partial charge in [0.15, 0.2) is 0 Å². The summed E-state index contributed by atoms with van der Waals surface area (Å²) in [5, 5.41) is 3.75. The van der Waals surface area contributed by atoms with Crippen molar-refractivity contribution in [1.29, 1.82) is 0 Å². The monoisotopic (exact) mass is 553 g/mol. The van der Waals surface area contributed by atoms with Gasteiger partial charge in [-0.1, -0.05) is 41.9 Å². The third kappa shape index (κ3) is 5.71. The zero-order chi connectivity index (χ0) is 26.5. The molecule has 10 heteroatoms. The highest BCUT2D eigenvalue weighted by molar-refractivity contribution is 7.91. The zero-order valence-electron chi connectivity index (χ0n) is 20.8. The van der Waals surface area contributed by atoms with E-state index in [9.17, 15) is 8.42 Å². The Morgan fingerprint density at radius 1 is 1.00 bits per heavy atom. The van der Waals surface area contributed by atoms with E-state index in [0.29, 0.717) is 36.1 Å². The second kappa shape index (κ2) is 11.6. The summed E-state index contributed by atoms with van der Waals surface area (Å²) >= 11 is 6.14. The molecule has 0 saturated carbocycles. The average Bonchev–Trinajstić information content (AvgIpc) is 3.40. The van der Waals surface area contributed by atoms with Crippen LogP contribution in [0.15, 0.2) is 93.2 Å². The number of aromatic nitrogens is 1. The molecule has 1 fully saturated rings. The van der Waals surface area contributed by atoms with Crippen LogP contribution in [0.5, 0.6) is 5.75 Å². The Morgan fingerprint density at radius 3 is 2.34 bits per heavy atom. The predicted molar refractivity (Wildman–Crippen MR) is 145 cm³/mol. The number of nitrogens with one attached hydrogen (secondary N) is 1. The molecule has 3 aromatic carbocycles. The number of rotatable bonds is 9. The van der Waals surface area contributed by atoms with Crippen molar-refractivity contribution in [3.8, 4) is 17.2 Å². The van der Waals surface area contributed by atoms with E-state index in [1.165, 1.54) is 0 Å². The summed E-state index contributed by atoms with van der Waals surface area (Å²) in [6.07, 6.45) is 0. The van der Waals surface area contributed by atoms with E-state index < -0.39 is 9.84 Å². The third-order valence-electron chi connectivity index (χ3n) is 6.44. The van der Waals surface area contributed by atoms with Crippen LogP contribution in [0.2, 0.25) is 5.02 Å². The Hall–Kier alpha value is -3.37. The number of nitrogens with zero attached hydrogens (tertiary/aromatic N) is 2. The third-order valence-corrected chi connectivity index (χ3v) is 8.37. The summed E-state index contributed by atoms with van der Waals surface area (Å²) in [4.78, 5) is 6.89. The number of hydrogen-bond donors (Lipinski definition) is 1. The van der Waals surface area contributed by atoms with Crippen molar-refractivity contribution in [2.45, 2.75) is 16.0 Å².